The van der Waals surface area contributed by atoms with Gasteiger partial charge in [-0.15, -0.1) is 10.2 Å². The molecular weight excluding hydrogens is 509 g/mol. The summed E-state index contributed by atoms with van der Waals surface area (Å²) >= 11 is 2.37. The van der Waals surface area contributed by atoms with Gasteiger partial charge in [-0.3, -0.25) is 9.56 Å². The lowest BCUT2D eigenvalue weighted by Crippen LogP contribution is -2.24. The van der Waals surface area contributed by atoms with E-state index in [1.54, 1.807) is 0 Å². The molecule has 32 heavy (non-hydrogen) atoms. The van der Waals surface area contributed by atoms with Gasteiger partial charge in [-0.1, -0.05) is 60.7 Å². The number of aromatic nitrogens is 3. The summed E-state index contributed by atoms with van der Waals surface area (Å²) in [7, 11) is 4.20. The van der Waals surface area contributed by atoms with Crippen molar-refractivity contribution in [3.63, 3.8) is 0 Å². The van der Waals surface area contributed by atoms with Crippen LogP contribution in [0, 0.1) is 3.57 Å². The fraction of sp³-hybridized carbons (Fsp3) is 0.192. The zero-order valence-electron chi connectivity index (χ0n) is 18.1. The second-order valence-electron chi connectivity index (χ2n) is 8.23. The van der Waals surface area contributed by atoms with E-state index < -0.39 is 0 Å². The van der Waals surface area contributed by atoms with Crippen molar-refractivity contribution < 1.29 is 0 Å². The first-order valence-electron chi connectivity index (χ1n) is 10.7. The van der Waals surface area contributed by atoms with Gasteiger partial charge in [0.2, 0.25) is 0 Å². The highest BCUT2D eigenvalue weighted by molar-refractivity contribution is 14.1. The molecule has 2 heterocycles. The largest absolute Gasteiger partial charge is 0.308 e. The van der Waals surface area contributed by atoms with E-state index in [0.717, 1.165) is 40.7 Å². The third-order valence-electron chi connectivity index (χ3n) is 5.70. The minimum Gasteiger partial charge on any atom is -0.308 e. The van der Waals surface area contributed by atoms with Crippen molar-refractivity contribution in [2.45, 2.75) is 12.5 Å². The van der Waals surface area contributed by atoms with Crippen LogP contribution in [0.5, 0.6) is 0 Å². The molecule has 0 aliphatic carbocycles. The average molecular weight is 533 g/mol. The Labute approximate surface area is 202 Å². The van der Waals surface area contributed by atoms with Crippen LogP contribution < -0.4 is 0 Å². The number of nitrogens with zero attached hydrogens (tertiary/aromatic N) is 5. The molecule has 0 bridgehead atoms. The maximum atomic E-state index is 5.00. The van der Waals surface area contributed by atoms with E-state index in [-0.39, 0.29) is 5.92 Å². The molecule has 0 amide bonds. The number of benzene rings is 3. The predicted molar refractivity (Wildman–Crippen MR) is 137 cm³/mol. The number of likely N-dealkylation sites (N-methyl/N-ethyl adjacent to an activating group) is 1. The van der Waals surface area contributed by atoms with Crippen molar-refractivity contribution in [3.8, 4) is 5.69 Å². The van der Waals surface area contributed by atoms with Gasteiger partial charge in [0.1, 0.15) is 12.4 Å². The molecule has 0 fully saturated rings. The van der Waals surface area contributed by atoms with E-state index in [1.165, 1.54) is 9.13 Å². The summed E-state index contributed by atoms with van der Waals surface area (Å²) < 4.78 is 3.41. The molecule has 1 aromatic heterocycles. The van der Waals surface area contributed by atoms with Crippen LogP contribution in [-0.2, 0) is 6.54 Å². The van der Waals surface area contributed by atoms with E-state index >= 15 is 0 Å². The molecular formula is C26H24IN5. The normalized spacial score (nSPS) is 13.8. The summed E-state index contributed by atoms with van der Waals surface area (Å²) in [5.41, 5.74) is 5.54. The molecule has 0 N–H and O–H groups in total. The third kappa shape index (κ3) is 4.00. The van der Waals surface area contributed by atoms with E-state index in [4.69, 9.17) is 10.1 Å². The first-order valence-corrected chi connectivity index (χ1v) is 11.7. The first-order chi connectivity index (χ1) is 15.6. The maximum Gasteiger partial charge on any atom is 0.159 e. The Morgan fingerprint density at radius 3 is 2.38 bits per heavy atom. The molecule has 1 aliphatic heterocycles. The number of aliphatic imine (C=N–C) groups is 1. The summed E-state index contributed by atoms with van der Waals surface area (Å²) in [6, 6.07) is 27.5. The monoisotopic (exact) mass is 533 g/mol. The fourth-order valence-corrected chi connectivity index (χ4v) is 4.77. The second kappa shape index (κ2) is 8.96. The number of rotatable bonds is 5. The van der Waals surface area contributed by atoms with E-state index in [2.05, 4.69) is 124 Å². The van der Waals surface area contributed by atoms with Gasteiger partial charge in [-0.2, -0.15) is 0 Å². The Bertz CT molecular complexity index is 1260. The van der Waals surface area contributed by atoms with Gasteiger partial charge in [-0.25, -0.2) is 0 Å². The summed E-state index contributed by atoms with van der Waals surface area (Å²) in [6.45, 7) is 1.33. The van der Waals surface area contributed by atoms with Crippen LogP contribution in [0.2, 0.25) is 0 Å². The first kappa shape index (κ1) is 21.0. The smallest absolute Gasteiger partial charge is 0.159 e. The number of fused-ring (bicyclic) bond motifs is 3. The third-order valence-corrected chi connectivity index (χ3v) is 6.37. The van der Waals surface area contributed by atoms with Crippen LogP contribution in [0.4, 0.5) is 0 Å². The number of hydrogen-bond acceptors (Lipinski definition) is 4. The molecule has 3 aromatic carbocycles. The summed E-state index contributed by atoms with van der Waals surface area (Å²) in [4.78, 5) is 7.21. The van der Waals surface area contributed by atoms with Gasteiger partial charge >= 0.3 is 0 Å². The maximum absolute atomic E-state index is 5.00. The average Bonchev–Trinajstić information content (AvgIpc) is 3.15. The minimum atomic E-state index is 0.0952. The van der Waals surface area contributed by atoms with E-state index in [9.17, 15) is 0 Å². The molecule has 0 radical (unpaired) electrons. The zero-order valence-corrected chi connectivity index (χ0v) is 20.3. The van der Waals surface area contributed by atoms with Crippen molar-refractivity contribution >= 4 is 28.3 Å². The van der Waals surface area contributed by atoms with Crippen molar-refractivity contribution in [1.29, 1.82) is 0 Å². The van der Waals surface area contributed by atoms with Crippen LogP contribution in [0.15, 0.2) is 83.9 Å². The highest BCUT2D eigenvalue weighted by Crippen LogP contribution is 2.32. The fourth-order valence-electron chi connectivity index (χ4n) is 4.28. The summed E-state index contributed by atoms with van der Waals surface area (Å²) in [6.07, 6.45) is 0. The van der Waals surface area contributed by atoms with Gasteiger partial charge in [0, 0.05) is 21.2 Å². The topological polar surface area (TPSA) is 46.3 Å². The zero-order chi connectivity index (χ0) is 22.1. The van der Waals surface area contributed by atoms with Crippen LogP contribution >= 0.6 is 22.6 Å². The predicted octanol–water partition coefficient (Wildman–Crippen LogP) is 4.92. The Morgan fingerprint density at radius 2 is 1.66 bits per heavy atom. The van der Waals surface area contributed by atoms with Crippen LogP contribution in [0.25, 0.3) is 5.69 Å². The molecule has 6 heteroatoms. The molecule has 1 unspecified atom stereocenters. The molecule has 0 saturated heterocycles. The van der Waals surface area contributed by atoms with Gasteiger partial charge in [0.05, 0.1) is 17.3 Å². The quantitative estimate of drug-likeness (QED) is 0.343. The minimum absolute atomic E-state index is 0.0952. The molecule has 1 atom stereocenters. The summed E-state index contributed by atoms with van der Waals surface area (Å²) in [5, 5.41) is 9.31. The standard InChI is InChI=1S/C26H24IN5/c1-31(2)17-22(18-9-5-3-6-10-18)26-30-29-24-16-28-25(19-11-7-4-8-12-19)21-15-20(27)13-14-23(21)32(24)26/h3-15,22H,16-17H2,1-2H3. The van der Waals surface area contributed by atoms with Crippen molar-refractivity contribution in [2.24, 2.45) is 4.99 Å². The molecule has 5 rings (SSSR count). The van der Waals surface area contributed by atoms with E-state index in [0.29, 0.717) is 6.54 Å². The van der Waals surface area contributed by atoms with E-state index in [1.807, 2.05) is 6.07 Å². The van der Waals surface area contributed by atoms with Gasteiger partial charge in [-0.05, 0) is 60.4 Å². The Morgan fingerprint density at radius 1 is 0.938 bits per heavy atom. The summed E-state index contributed by atoms with van der Waals surface area (Å²) in [5.74, 6) is 1.91. The lowest BCUT2D eigenvalue weighted by atomic mass is 9.96. The SMILES string of the molecule is CN(C)CC(c1ccccc1)c1nnc2n1-c1ccc(I)cc1C(c1ccccc1)=NC2. The van der Waals surface area contributed by atoms with Crippen molar-refractivity contribution in [1.82, 2.24) is 19.7 Å². The van der Waals surface area contributed by atoms with Crippen LogP contribution in [-0.4, -0.2) is 46.0 Å². The molecule has 160 valence electrons. The molecule has 0 saturated carbocycles. The number of halogens is 1. The highest BCUT2D eigenvalue weighted by Gasteiger charge is 2.28. The van der Waals surface area contributed by atoms with Crippen molar-refractivity contribution in [2.75, 3.05) is 20.6 Å². The van der Waals surface area contributed by atoms with Gasteiger partial charge in [0.25, 0.3) is 0 Å². The molecule has 0 spiro atoms. The van der Waals surface area contributed by atoms with Gasteiger partial charge in [0.15, 0.2) is 5.82 Å². The highest BCUT2D eigenvalue weighted by atomic mass is 127. The van der Waals surface area contributed by atoms with Crippen molar-refractivity contribution in [3.05, 3.63) is 111 Å². The van der Waals surface area contributed by atoms with Crippen LogP contribution in [0.1, 0.15) is 34.3 Å². The Balaban J connectivity index is 1.71. The lowest BCUT2D eigenvalue weighted by Gasteiger charge is -2.23. The van der Waals surface area contributed by atoms with Gasteiger partial charge < -0.3 is 4.90 Å². The Kier molecular flexibility index (Phi) is 5.89. The molecule has 1 aliphatic rings. The lowest BCUT2D eigenvalue weighted by molar-refractivity contribution is 0.384. The molecule has 5 nitrogen and oxygen atoms in total. The Hall–Kier alpha value is -2.84. The second-order valence-corrected chi connectivity index (χ2v) is 9.47. The molecule has 4 aromatic rings. The van der Waals surface area contributed by atoms with Crippen LogP contribution in [0.3, 0.4) is 0 Å². The number of hydrogen-bond donors (Lipinski definition) is 0.